The number of hydrogen-bond acceptors (Lipinski definition) is 6. The number of esters is 1. The number of thioether (sulfide) groups is 1. The summed E-state index contributed by atoms with van der Waals surface area (Å²) in [6.07, 6.45) is 3.43. The van der Waals surface area contributed by atoms with Crippen molar-refractivity contribution in [3.63, 3.8) is 0 Å². The van der Waals surface area contributed by atoms with Gasteiger partial charge in [-0.25, -0.2) is 13.9 Å². The van der Waals surface area contributed by atoms with Crippen molar-refractivity contribution in [3.05, 3.63) is 90.4 Å². The number of rotatable bonds is 8. The van der Waals surface area contributed by atoms with E-state index in [-0.39, 0.29) is 11.4 Å². The molecule has 0 aliphatic heterocycles. The van der Waals surface area contributed by atoms with Crippen molar-refractivity contribution in [1.82, 2.24) is 9.78 Å². The van der Waals surface area contributed by atoms with Gasteiger partial charge in [-0.1, -0.05) is 18.2 Å². The summed E-state index contributed by atoms with van der Waals surface area (Å²) in [4.78, 5) is 26.4. The molecule has 1 aromatic heterocycles. The minimum absolute atomic E-state index is 0.153. The lowest BCUT2D eigenvalue weighted by molar-refractivity contribution is -0.119. The Hall–Kier alpha value is -4.11. The molecule has 0 atom stereocenters. The van der Waals surface area contributed by atoms with Gasteiger partial charge in [0.05, 0.1) is 12.8 Å². The van der Waals surface area contributed by atoms with E-state index >= 15 is 0 Å². The van der Waals surface area contributed by atoms with Crippen LogP contribution in [0, 0.1) is 5.82 Å². The van der Waals surface area contributed by atoms with Gasteiger partial charge in [-0.05, 0) is 60.9 Å². The maximum Gasteiger partial charge on any atom is 0.342 e. The predicted octanol–water partition coefficient (Wildman–Crippen LogP) is 5.20. The van der Waals surface area contributed by atoms with Gasteiger partial charge in [-0.2, -0.15) is 5.10 Å². The number of aromatic nitrogens is 2. The number of hydrogen-bond donors (Lipinski definition) is 1. The molecule has 4 aromatic rings. The van der Waals surface area contributed by atoms with Crippen molar-refractivity contribution in [2.45, 2.75) is 4.90 Å². The first-order chi connectivity index (χ1) is 17.0. The monoisotopic (exact) mass is 491 g/mol. The van der Waals surface area contributed by atoms with E-state index in [0.717, 1.165) is 4.90 Å². The fourth-order valence-corrected chi connectivity index (χ4v) is 3.80. The van der Waals surface area contributed by atoms with Crippen molar-refractivity contribution in [1.29, 1.82) is 0 Å². The lowest BCUT2D eigenvalue weighted by Crippen LogP contribution is -2.21. The molecule has 0 aliphatic rings. The van der Waals surface area contributed by atoms with Crippen LogP contribution in [0.2, 0.25) is 0 Å². The highest BCUT2D eigenvalue weighted by Gasteiger charge is 2.21. The van der Waals surface area contributed by atoms with Crippen molar-refractivity contribution >= 4 is 29.3 Å². The van der Waals surface area contributed by atoms with Crippen LogP contribution in [0.25, 0.3) is 16.9 Å². The SMILES string of the molecule is COc1cccc(-c2nn(-c3ccc(F)cc3)cc2C(=O)OCC(=O)Nc2cccc(SC)c2)c1. The molecule has 178 valence electrons. The predicted molar refractivity (Wildman–Crippen MR) is 133 cm³/mol. The Morgan fingerprint density at radius 1 is 1.06 bits per heavy atom. The Balaban J connectivity index is 1.57. The van der Waals surface area contributed by atoms with Crippen LogP contribution in [-0.4, -0.2) is 41.6 Å². The molecule has 0 bridgehead atoms. The zero-order valence-electron chi connectivity index (χ0n) is 19.0. The van der Waals surface area contributed by atoms with E-state index in [1.165, 1.54) is 23.0 Å². The molecule has 0 spiro atoms. The number of benzene rings is 3. The highest BCUT2D eigenvalue weighted by atomic mass is 32.2. The van der Waals surface area contributed by atoms with Gasteiger partial charge in [0.1, 0.15) is 22.8 Å². The first-order valence-electron chi connectivity index (χ1n) is 10.6. The lowest BCUT2D eigenvalue weighted by atomic mass is 10.1. The average molecular weight is 492 g/mol. The summed E-state index contributed by atoms with van der Waals surface area (Å²) in [6.45, 7) is -0.471. The molecule has 0 saturated heterocycles. The van der Waals surface area contributed by atoms with E-state index in [1.807, 2.05) is 24.5 Å². The largest absolute Gasteiger partial charge is 0.497 e. The normalized spacial score (nSPS) is 10.6. The van der Waals surface area contributed by atoms with E-state index in [0.29, 0.717) is 28.4 Å². The molecule has 0 radical (unpaired) electrons. The third-order valence-corrected chi connectivity index (χ3v) is 5.78. The van der Waals surface area contributed by atoms with E-state index < -0.39 is 18.5 Å². The summed E-state index contributed by atoms with van der Waals surface area (Å²) in [6, 6.07) is 20.1. The first kappa shape index (κ1) is 24.0. The second kappa shape index (κ2) is 10.9. The fourth-order valence-electron chi connectivity index (χ4n) is 3.34. The number of ether oxygens (including phenoxy) is 2. The van der Waals surface area contributed by atoms with Gasteiger partial charge in [0, 0.05) is 22.3 Å². The number of methoxy groups -OCH3 is 1. The van der Waals surface area contributed by atoms with Crippen LogP contribution in [-0.2, 0) is 9.53 Å². The van der Waals surface area contributed by atoms with E-state index in [1.54, 1.807) is 61.3 Å². The molecular formula is C26H22FN3O4S. The Morgan fingerprint density at radius 3 is 2.57 bits per heavy atom. The third kappa shape index (κ3) is 5.88. The number of carbonyl (C=O) groups is 2. The molecule has 35 heavy (non-hydrogen) atoms. The Labute approximate surface area is 205 Å². The van der Waals surface area contributed by atoms with Gasteiger partial charge in [0.2, 0.25) is 0 Å². The summed E-state index contributed by atoms with van der Waals surface area (Å²) in [7, 11) is 1.54. The average Bonchev–Trinajstić information content (AvgIpc) is 3.33. The van der Waals surface area contributed by atoms with Crippen molar-refractivity contribution in [2.24, 2.45) is 0 Å². The van der Waals surface area contributed by atoms with Crippen molar-refractivity contribution in [2.75, 3.05) is 25.3 Å². The zero-order valence-corrected chi connectivity index (χ0v) is 19.8. The van der Waals surface area contributed by atoms with Crippen molar-refractivity contribution in [3.8, 4) is 22.7 Å². The summed E-state index contributed by atoms with van der Waals surface area (Å²) in [5.74, 6) is -0.984. The molecule has 0 fully saturated rings. The van der Waals surface area contributed by atoms with Crippen LogP contribution >= 0.6 is 11.8 Å². The highest BCUT2D eigenvalue weighted by Crippen LogP contribution is 2.27. The van der Waals surface area contributed by atoms with Crippen LogP contribution in [0.3, 0.4) is 0 Å². The Bertz CT molecular complexity index is 1350. The summed E-state index contributed by atoms with van der Waals surface area (Å²) < 4.78 is 25.4. The van der Waals surface area contributed by atoms with E-state index in [9.17, 15) is 14.0 Å². The van der Waals surface area contributed by atoms with Gasteiger partial charge in [-0.3, -0.25) is 4.79 Å². The molecule has 1 heterocycles. The van der Waals surface area contributed by atoms with Gasteiger partial charge in [0.25, 0.3) is 5.91 Å². The maximum atomic E-state index is 13.4. The molecule has 3 aromatic carbocycles. The summed E-state index contributed by atoms with van der Waals surface area (Å²) in [5.41, 5.74) is 2.28. The number of nitrogens with zero attached hydrogens (tertiary/aromatic N) is 2. The van der Waals surface area contributed by atoms with Crippen LogP contribution in [0.1, 0.15) is 10.4 Å². The molecule has 1 N–H and O–H groups in total. The first-order valence-corrected chi connectivity index (χ1v) is 11.8. The second-order valence-corrected chi connectivity index (χ2v) is 8.28. The quantitative estimate of drug-likeness (QED) is 0.269. The van der Waals surface area contributed by atoms with Gasteiger partial charge >= 0.3 is 5.97 Å². The second-order valence-electron chi connectivity index (χ2n) is 7.40. The molecule has 0 unspecified atom stereocenters. The number of anilines is 1. The molecule has 0 saturated carbocycles. The fraction of sp³-hybridized carbons (Fsp3) is 0.115. The maximum absolute atomic E-state index is 13.4. The Morgan fingerprint density at radius 2 is 1.83 bits per heavy atom. The lowest BCUT2D eigenvalue weighted by Gasteiger charge is -2.08. The molecule has 9 heteroatoms. The van der Waals surface area contributed by atoms with Gasteiger partial charge < -0.3 is 14.8 Å². The van der Waals surface area contributed by atoms with Gasteiger partial charge in [-0.15, -0.1) is 11.8 Å². The van der Waals surface area contributed by atoms with Crippen LogP contribution in [0.15, 0.2) is 83.9 Å². The highest BCUT2D eigenvalue weighted by molar-refractivity contribution is 7.98. The number of nitrogens with one attached hydrogen (secondary N) is 1. The third-order valence-electron chi connectivity index (χ3n) is 5.06. The van der Waals surface area contributed by atoms with Crippen LogP contribution < -0.4 is 10.1 Å². The number of carbonyl (C=O) groups excluding carboxylic acids is 2. The smallest absolute Gasteiger partial charge is 0.342 e. The number of halogens is 1. The summed E-state index contributed by atoms with van der Waals surface area (Å²) in [5, 5.41) is 7.24. The molecule has 4 rings (SSSR count). The van der Waals surface area contributed by atoms with Crippen molar-refractivity contribution < 1.29 is 23.5 Å². The van der Waals surface area contributed by atoms with Gasteiger partial charge in [0.15, 0.2) is 6.61 Å². The standard InChI is InChI=1S/C26H22FN3O4S/c1-33-21-7-3-5-17(13-21)25-23(15-30(29-25)20-11-9-18(27)10-12-20)26(32)34-16-24(31)28-19-6-4-8-22(14-19)35-2/h3-15H,16H2,1-2H3,(H,28,31). The minimum Gasteiger partial charge on any atom is -0.497 e. The molecule has 7 nitrogen and oxygen atoms in total. The number of amides is 1. The molecule has 0 aliphatic carbocycles. The minimum atomic E-state index is -0.718. The van der Waals surface area contributed by atoms with Crippen LogP contribution in [0.4, 0.5) is 10.1 Å². The summed E-state index contributed by atoms with van der Waals surface area (Å²) >= 11 is 1.55. The Kier molecular flexibility index (Phi) is 7.47. The molecule has 1 amide bonds. The molecular weight excluding hydrogens is 469 g/mol. The zero-order chi connectivity index (χ0) is 24.8. The van der Waals surface area contributed by atoms with Crippen LogP contribution in [0.5, 0.6) is 5.75 Å². The van der Waals surface area contributed by atoms with E-state index in [4.69, 9.17) is 9.47 Å². The topological polar surface area (TPSA) is 82.5 Å². The van der Waals surface area contributed by atoms with E-state index in [2.05, 4.69) is 10.4 Å².